The summed E-state index contributed by atoms with van der Waals surface area (Å²) in [4.78, 5) is 22.4. The van der Waals surface area contributed by atoms with Crippen LogP contribution in [-0.4, -0.2) is 27.4 Å². The quantitative estimate of drug-likeness (QED) is 0.846. The second kappa shape index (κ2) is 4.94. The van der Waals surface area contributed by atoms with Crippen molar-refractivity contribution in [2.24, 2.45) is 0 Å². The number of carboxylic acid groups (broad SMARTS) is 1. The molecular formula is C13H17NO4. The third-order valence-electron chi connectivity index (χ3n) is 3.78. The van der Waals surface area contributed by atoms with Crippen molar-refractivity contribution in [2.75, 3.05) is 6.61 Å². The van der Waals surface area contributed by atoms with Gasteiger partial charge in [0.2, 0.25) is 0 Å². The lowest BCUT2D eigenvalue weighted by atomic mass is 9.82. The van der Waals surface area contributed by atoms with Crippen molar-refractivity contribution in [3.05, 3.63) is 34.2 Å². The lowest BCUT2D eigenvalue weighted by Crippen LogP contribution is -2.40. The highest BCUT2D eigenvalue weighted by Crippen LogP contribution is 2.34. The first-order valence-corrected chi connectivity index (χ1v) is 6.16. The third-order valence-corrected chi connectivity index (χ3v) is 3.78. The molecule has 1 heterocycles. The van der Waals surface area contributed by atoms with Crippen LogP contribution in [0.4, 0.5) is 0 Å². The van der Waals surface area contributed by atoms with E-state index in [0.717, 1.165) is 32.1 Å². The van der Waals surface area contributed by atoms with Crippen LogP contribution in [-0.2, 0) is 5.54 Å². The molecule has 5 heteroatoms. The van der Waals surface area contributed by atoms with Crippen molar-refractivity contribution in [2.45, 2.75) is 37.6 Å². The Labute approximate surface area is 105 Å². The molecule has 0 spiro atoms. The summed E-state index contributed by atoms with van der Waals surface area (Å²) in [5.74, 6) is -1.22. The van der Waals surface area contributed by atoms with Gasteiger partial charge < -0.3 is 14.8 Å². The second-order valence-corrected chi connectivity index (χ2v) is 4.88. The third kappa shape index (κ3) is 2.18. The highest BCUT2D eigenvalue weighted by atomic mass is 16.4. The van der Waals surface area contributed by atoms with E-state index in [1.54, 1.807) is 10.8 Å². The number of aromatic nitrogens is 1. The van der Waals surface area contributed by atoms with Gasteiger partial charge in [-0.25, -0.2) is 4.79 Å². The minimum atomic E-state index is -1.22. The van der Waals surface area contributed by atoms with Gasteiger partial charge in [-0.2, -0.15) is 0 Å². The summed E-state index contributed by atoms with van der Waals surface area (Å²) in [6, 6.07) is 1.26. The lowest BCUT2D eigenvalue weighted by molar-refractivity contribution is 0.0685. The van der Waals surface area contributed by atoms with E-state index in [2.05, 4.69) is 0 Å². The zero-order valence-corrected chi connectivity index (χ0v) is 10.1. The first-order chi connectivity index (χ1) is 8.59. The molecule has 2 N–H and O–H groups in total. The van der Waals surface area contributed by atoms with Gasteiger partial charge in [0.25, 0.3) is 0 Å². The smallest absolute Gasteiger partial charge is 0.341 e. The highest BCUT2D eigenvalue weighted by Gasteiger charge is 2.33. The molecule has 18 heavy (non-hydrogen) atoms. The maximum absolute atomic E-state index is 11.4. The second-order valence-electron chi connectivity index (χ2n) is 4.88. The van der Waals surface area contributed by atoms with E-state index < -0.39 is 16.9 Å². The van der Waals surface area contributed by atoms with Gasteiger partial charge in [0.05, 0.1) is 12.1 Å². The van der Waals surface area contributed by atoms with E-state index in [0.29, 0.717) is 0 Å². The number of aliphatic hydroxyl groups excluding tert-OH is 1. The summed E-state index contributed by atoms with van der Waals surface area (Å²) in [7, 11) is 0. The van der Waals surface area contributed by atoms with Crippen LogP contribution >= 0.6 is 0 Å². The number of aromatic carboxylic acids is 1. The molecule has 1 aliphatic carbocycles. The van der Waals surface area contributed by atoms with Gasteiger partial charge in [-0.3, -0.25) is 4.79 Å². The van der Waals surface area contributed by atoms with Crippen LogP contribution in [0.5, 0.6) is 0 Å². The Morgan fingerprint density at radius 3 is 2.56 bits per heavy atom. The number of rotatable bonds is 3. The summed E-state index contributed by atoms with van der Waals surface area (Å²) in [6.45, 7) is -0.0328. The molecule has 2 rings (SSSR count). The van der Waals surface area contributed by atoms with Gasteiger partial charge in [-0.05, 0) is 12.8 Å². The number of hydrogen-bond donors (Lipinski definition) is 2. The first-order valence-electron chi connectivity index (χ1n) is 6.16. The lowest BCUT2D eigenvalue weighted by Gasteiger charge is -2.38. The molecule has 0 aromatic carbocycles. The predicted octanol–water partition coefficient (Wildman–Crippen LogP) is 1.20. The number of nitrogens with zero attached hydrogens (tertiary/aromatic N) is 1. The topological polar surface area (TPSA) is 79.5 Å². The average Bonchev–Trinajstić information content (AvgIpc) is 2.39. The number of pyridine rings is 1. The number of carbonyl (C=O) groups is 1. The van der Waals surface area contributed by atoms with Crippen molar-refractivity contribution in [1.29, 1.82) is 0 Å². The predicted molar refractivity (Wildman–Crippen MR) is 65.8 cm³/mol. The van der Waals surface area contributed by atoms with Crippen LogP contribution in [0.3, 0.4) is 0 Å². The fourth-order valence-corrected chi connectivity index (χ4v) is 2.65. The van der Waals surface area contributed by atoms with Crippen LogP contribution in [0.1, 0.15) is 42.5 Å². The molecule has 1 aliphatic rings. The van der Waals surface area contributed by atoms with Crippen LogP contribution < -0.4 is 5.43 Å². The van der Waals surface area contributed by atoms with E-state index in [1.807, 2.05) is 0 Å². The standard InChI is InChI=1S/C13H17NO4/c15-9-13(5-2-1-3-6-13)14-7-4-11(16)10(8-14)12(17)18/h4,7-8,15H,1-3,5-6,9H2,(H,17,18). The Hall–Kier alpha value is -1.62. The zero-order valence-electron chi connectivity index (χ0n) is 10.1. The molecule has 0 atom stereocenters. The van der Waals surface area contributed by atoms with Crippen LogP contribution in [0, 0.1) is 0 Å². The van der Waals surface area contributed by atoms with Crippen molar-refractivity contribution < 1.29 is 15.0 Å². The van der Waals surface area contributed by atoms with Gasteiger partial charge in [0, 0.05) is 18.5 Å². The minimum Gasteiger partial charge on any atom is -0.477 e. The largest absolute Gasteiger partial charge is 0.477 e. The molecule has 0 aliphatic heterocycles. The molecule has 98 valence electrons. The molecule has 0 saturated heterocycles. The van der Waals surface area contributed by atoms with Gasteiger partial charge in [-0.1, -0.05) is 19.3 Å². The maximum Gasteiger partial charge on any atom is 0.341 e. The summed E-state index contributed by atoms with van der Waals surface area (Å²) in [5, 5.41) is 18.6. The fraction of sp³-hybridized carbons (Fsp3) is 0.538. The van der Waals surface area contributed by atoms with Crippen molar-refractivity contribution in [3.63, 3.8) is 0 Å². The Bertz CT molecular complexity index is 500. The summed E-state index contributed by atoms with van der Waals surface area (Å²) in [6.07, 6.45) is 7.71. The molecule has 1 aromatic heterocycles. The maximum atomic E-state index is 11.4. The van der Waals surface area contributed by atoms with E-state index in [1.165, 1.54) is 12.3 Å². The minimum absolute atomic E-state index is 0.0328. The Morgan fingerprint density at radius 2 is 2.00 bits per heavy atom. The number of hydrogen-bond acceptors (Lipinski definition) is 3. The molecule has 1 saturated carbocycles. The van der Waals surface area contributed by atoms with Crippen LogP contribution in [0.15, 0.2) is 23.3 Å². The summed E-state index contributed by atoms with van der Waals surface area (Å²) >= 11 is 0. The van der Waals surface area contributed by atoms with E-state index in [9.17, 15) is 14.7 Å². The van der Waals surface area contributed by atoms with Gasteiger partial charge in [0.1, 0.15) is 5.56 Å². The summed E-state index contributed by atoms with van der Waals surface area (Å²) in [5.41, 5.74) is -1.19. The SMILES string of the molecule is O=C(O)c1cn(C2(CO)CCCCC2)ccc1=O. The normalized spacial score (nSPS) is 18.5. The van der Waals surface area contributed by atoms with Gasteiger partial charge in [0.15, 0.2) is 5.43 Å². The average molecular weight is 251 g/mol. The van der Waals surface area contributed by atoms with Crippen molar-refractivity contribution >= 4 is 5.97 Å². The van der Waals surface area contributed by atoms with Gasteiger partial charge >= 0.3 is 5.97 Å². The Kier molecular flexibility index (Phi) is 3.52. The Balaban J connectivity index is 2.46. The molecule has 0 bridgehead atoms. The molecule has 0 amide bonds. The zero-order chi connectivity index (χ0) is 13.2. The monoisotopic (exact) mass is 251 g/mol. The number of aliphatic hydroxyl groups is 1. The molecule has 1 fully saturated rings. The van der Waals surface area contributed by atoms with Crippen LogP contribution in [0.2, 0.25) is 0 Å². The van der Waals surface area contributed by atoms with Crippen molar-refractivity contribution in [3.8, 4) is 0 Å². The molecular weight excluding hydrogens is 234 g/mol. The first kappa shape index (κ1) is 12.8. The number of carboxylic acids is 1. The molecule has 5 nitrogen and oxygen atoms in total. The van der Waals surface area contributed by atoms with Crippen LogP contribution in [0.25, 0.3) is 0 Å². The molecule has 0 unspecified atom stereocenters. The fourth-order valence-electron chi connectivity index (χ4n) is 2.65. The molecule has 0 radical (unpaired) electrons. The van der Waals surface area contributed by atoms with E-state index in [-0.39, 0.29) is 12.2 Å². The molecule has 1 aromatic rings. The van der Waals surface area contributed by atoms with Gasteiger partial charge in [-0.15, -0.1) is 0 Å². The highest BCUT2D eigenvalue weighted by molar-refractivity contribution is 5.86. The van der Waals surface area contributed by atoms with E-state index >= 15 is 0 Å². The summed E-state index contributed by atoms with van der Waals surface area (Å²) < 4.78 is 1.71. The van der Waals surface area contributed by atoms with E-state index in [4.69, 9.17) is 5.11 Å². The Morgan fingerprint density at radius 1 is 1.33 bits per heavy atom. The van der Waals surface area contributed by atoms with Crippen molar-refractivity contribution in [1.82, 2.24) is 4.57 Å².